The average molecular weight is 463 g/mol. The summed E-state index contributed by atoms with van der Waals surface area (Å²) in [5.41, 5.74) is 2.35. The second-order valence-electron chi connectivity index (χ2n) is 8.54. The highest BCUT2D eigenvalue weighted by atomic mass is 16.4. The van der Waals surface area contributed by atoms with Crippen molar-refractivity contribution < 1.29 is 18.8 Å². The summed E-state index contributed by atoms with van der Waals surface area (Å²) in [6.45, 7) is 3.66. The van der Waals surface area contributed by atoms with Crippen LogP contribution in [0.2, 0.25) is 0 Å². The standard InChI is InChI=1S/C25H26N4O5/c1-15-10-23(31)27-20-6-4-5-7-21(20)29(15)24(32)14-28(3)13-17-11-25(33)34-22-12-18(26-16(2)30)8-9-19(17)22/h4-9,11-12,15H,10,13-14H2,1-3H3,(H,26,30)(H,27,31)/t15-/m1/s1. The zero-order valence-corrected chi connectivity index (χ0v) is 19.3. The number of carbonyl (C=O) groups excluding carboxylic acids is 3. The third-order valence-corrected chi connectivity index (χ3v) is 5.62. The molecule has 1 atom stereocenters. The Morgan fingerprint density at radius 2 is 1.94 bits per heavy atom. The van der Waals surface area contributed by atoms with Crippen molar-refractivity contribution >= 4 is 45.8 Å². The number of nitrogens with zero attached hydrogens (tertiary/aromatic N) is 2. The minimum absolute atomic E-state index is 0.0819. The van der Waals surface area contributed by atoms with Crippen LogP contribution in [0, 0.1) is 0 Å². The predicted octanol–water partition coefficient (Wildman–Crippen LogP) is 2.95. The molecule has 1 aliphatic rings. The van der Waals surface area contributed by atoms with E-state index in [1.807, 2.05) is 30.0 Å². The van der Waals surface area contributed by atoms with E-state index in [4.69, 9.17) is 4.42 Å². The normalized spacial score (nSPS) is 15.6. The van der Waals surface area contributed by atoms with Crippen LogP contribution in [0.5, 0.6) is 0 Å². The molecule has 0 aliphatic carbocycles. The Morgan fingerprint density at radius 1 is 1.18 bits per heavy atom. The predicted molar refractivity (Wildman–Crippen MR) is 130 cm³/mol. The number of hydrogen-bond acceptors (Lipinski definition) is 6. The number of fused-ring (bicyclic) bond motifs is 2. The maximum atomic E-state index is 13.3. The lowest BCUT2D eigenvalue weighted by Crippen LogP contribution is -2.44. The first-order valence-electron chi connectivity index (χ1n) is 10.9. The SMILES string of the molecule is CC(=O)Nc1ccc2c(CN(C)CC(=O)N3c4ccccc4NC(=O)C[C@H]3C)cc(=O)oc2c1. The first kappa shape index (κ1) is 23.2. The van der Waals surface area contributed by atoms with Gasteiger partial charge in [-0.15, -0.1) is 0 Å². The third-order valence-electron chi connectivity index (χ3n) is 5.62. The molecule has 0 bridgehead atoms. The van der Waals surface area contributed by atoms with Crippen LogP contribution >= 0.6 is 0 Å². The fraction of sp³-hybridized carbons (Fsp3) is 0.280. The van der Waals surface area contributed by atoms with Gasteiger partial charge in [0, 0.05) is 49.1 Å². The fourth-order valence-electron chi connectivity index (χ4n) is 4.26. The number of para-hydroxylation sites is 2. The summed E-state index contributed by atoms with van der Waals surface area (Å²) in [6, 6.07) is 13.5. The van der Waals surface area contributed by atoms with Crippen LogP contribution in [0.25, 0.3) is 11.0 Å². The van der Waals surface area contributed by atoms with Crippen molar-refractivity contribution in [1.29, 1.82) is 0 Å². The van der Waals surface area contributed by atoms with E-state index in [0.717, 1.165) is 5.39 Å². The van der Waals surface area contributed by atoms with Crippen molar-refractivity contribution in [2.24, 2.45) is 0 Å². The maximum Gasteiger partial charge on any atom is 0.336 e. The molecule has 0 spiro atoms. The molecule has 3 amide bonds. The molecule has 0 saturated carbocycles. The Balaban J connectivity index is 1.56. The summed E-state index contributed by atoms with van der Waals surface area (Å²) >= 11 is 0. The largest absolute Gasteiger partial charge is 0.423 e. The number of rotatable bonds is 5. The van der Waals surface area contributed by atoms with Crippen molar-refractivity contribution in [3.05, 3.63) is 64.5 Å². The van der Waals surface area contributed by atoms with Gasteiger partial charge in [-0.2, -0.15) is 0 Å². The maximum absolute atomic E-state index is 13.3. The lowest BCUT2D eigenvalue weighted by atomic mass is 10.1. The highest BCUT2D eigenvalue weighted by Gasteiger charge is 2.30. The second-order valence-corrected chi connectivity index (χ2v) is 8.54. The highest BCUT2D eigenvalue weighted by Crippen LogP contribution is 2.31. The van der Waals surface area contributed by atoms with Crippen molar-refractivity contribution in [2.45, 2.75) is 32.9 Å². The zero-order chi connectivity index (χ0) is 24.4. The van der Waals surface area contributed by atoms with Gasteiger partial charge in [0.1, 0.15) is 5.58 Å². The average Bonchev–Trinajstić information content (AvgIpc) is 2.86. The van der Waals surface area contributed by atoms with Gasteiger partial charge in [0.25, 0.3) is 0 Å². The Kier molecular flexibility index (Phi) is 6.47. The Labute approximate surface area is 196 Å². The Morgan fingerprint density at radius 3 is 2.71 bits per heavy atom. The van der Waals surface area contributed by atoms with E-state index in [2.05, 4.69) is 10.6 Å². The van der Waals surface area contributed by atoms with E-state index in [1.165, 1.54) is 13.0 Å². The number of amides is 3. The zero-order valence-electron chi connectivity index (χ0n) is 19.3. The van der Waals surface area contributed by atoms with Crippen LogP contribution in [-0.4, -0.2) is 42.3 Å². The van der Waals surface area contributed by atoms with Crippen LogP contribution in [0.15, 0.2) is 57.7 Å². The van der Waals surface area contributed by atoms with Gasteiger partial charge in [-0.3, -0.25) is 19.3 Å². The summed E-state index contributed by atoms with van der Waals surface area (Å²) in [7, 11) is 1.79. The molecule has 176 valence electrons. The van der Waals surface area contributed by atoms with Gasteiger partial charge < -0.3 is 20.0 Å². The van der Waals surface area contributed by atoms with Crippen molar-refractivity contribution in [2.75, 3.05) is 29.1 Å². The summed E-state index contributed by atoms with van der Waals surface area (Å²) in [5.74, 6) is -0.513. The summed E-state index contributed by atoms with van der Waals surface area (Å²) in [6.07, 6.45) is 0.200. The van der Waals surface area contributed by atoms with Crippen LogP contribution < -0.4 is 21.2 Å². The van der Waals surface area contributed by atoms with E-state index in [0.29, 0.717) is 34.8 Å². The van der Waals surface area contributed by atoms with Gasteiger partial charge in [0.05, 0.1) is 17.9 Å². The van der Waals surface area contributed by atoms with E-state index in [-0.39, 0.29) is 36.7 Å². The quantitative estimate of drug-likeness (QED) is 0.564. The number of hydrogen-bond donors (Lipinski definition) is 2. The topological polar surface area (TPSA) is 112 Å². The lowest BCUT2D eigenvalue weighted by molar-refractivity contribution is -0.120. The van der Waals surface area contributed by atoms with E-state index < -0.39 is 5.63 Å². The minimum atomic E-state index is -0.512. The molecular formula is C25H26N4O5. The number of likely N-dealkylation sites (N-methyl/N-ethyl adjacent to an activating group) is 1. The van der Waals surface area contributed by atoms with Crippen molar-refractivity contribution in [1.82, 2.24) is 4.90 Å². The highest BCUT2D eigenvalue weighted by molar-refractivity contribution is 6.05. The number of carbonyl (C=O) groups is 3. The molecular weight excluding hydrogens is 436 g/mol. The Bertz CT molecular complexity index is 1330. The minimum Gasteiger partial charge on any atom is -0.423 e. The van der Waals surface area contributed by atoms with Crippen molar-refractivity contribution in [3.8, 4) is 0 Å². The molecule has 9 nitrogen and oxygen atoms in total. The Hall–Kier alpha value is -3.98. The summed E-state index contributed by atoms with van der Waals surface area (Å²) < 4.78 is 5.32. The monoisotopic (exact) mass is 462 g/mol. The molecule has 2 heterocycles. The van der Waals surface area contributed by atoms with E-state index in [9.17, 15) is 19.2 Å². The molecule has 4 rings (SSSR count). The number of benzene rings is 2. The van der Waals surface area contributed by atoms with Crippen LogP contribution in [0.3, 0.4) is 0 Å². The molecule has 2 aromatic carbocycles. The molecule has 1 aromatic heterocycles. The van der Waals surface area contributed by atoms with E-state index >= 15 is 0 Å². The molecule has 0 fully saturated rings. The molecule has 0 radical (unpaired) electrons. The second kappa shape index (κ2) is 9.48. The molecule has 34 heavy (non-hydrogen) atoms. The fourth-order valence-corrected chi connectivity index (χ4v) is 4.26. The number of anilines is 3. The molecule has 0 saturated heterocycles. The third kappa shape index (κ3) is 4.99. The summed E-state index contributed by atoms with van der Waals surface area (Å²) in [5, 5.41) is 6.24. The van der Waals surface area contributed by atoms with Crippen LogP contribution in [0.1, 0.15) is 25.8 Å². The first-order valence-corrected chi connectivity index (χ1v) is 10.9. The van der Waals surface area contributed by atoms with Gasteiger partial charge in [-0.05, 0) is 43.8 Å². The lowest BCUT2D eigenvalue weighted by Gasteiger charge is -2.29. The first-order chi connectivity index (χ1) is 16.2. The van der Waals surface area contributed by atoms with Gasteiger partial charge in [0.2, 0.25) is 17.7 Å². The van der Waals surface area contributed by atoms with E-state index in [1.54, 1.807) is 36.2 Å². The molecule has 2 N–H and O–H groups in total. The molecule has 9 heteroatoms. The van der Waals surface area contributed by atoms with Crippen LogP contribution in [-0.2, 0) is 20.9 Å². The number of nitrogens with one attached hydrogen (secondary N) is 2. The molecule has 3 aromatic rings. The van der Waals surface area contributed by atoms with Crippen LogP contribution in [0.4, 0.5) is 17.1 Å². The van der Waals surface area contributed by atoms with Gasteiger partial charge in [0.15, 0.2) is 0 Å². The molecule has 1 aliphatic heterocycles. The van der Waals surface area contributed by atoms with Gasteiger partial charge in [-0.25, -0.2) is 4.79 Å². The van der Waals surface area contributed by atoms with Crippen molar-refractivity contribution in [3.63, 3.8) is 0 Å². The van der Waals surface area contributed by atoms with Gasteiger partial charge in [-0.1, -0.05) is 12.1 Å². The van der Waals surface area contributed by atoms with Gasteiger partial charge >= 0.3 is 5.63 Å². The summed E-state index contributed by atoms with van der Waals surface area (Å²) in [4.78, 5) is 52.5. The smallest absolute Gasteiger partial charge is 0.336 e. The molecule has 0 unspecified atom stereocenters.